The molecular formula is C17H26N4. The molecule has 4 heteroatoms. The highest BCUT2D eigenvalue weighted by Crippen LogP contribution is 2.33. The summed E-state index contributed by atoms with van der Waals surface area (Å²) in [7, 11) is 0. The van der Waals surface area contributed by atoms with E-state index in [0.717, 1.165) is 37.6 Å². The van der Waals surface area contributed by atoms with Crippen LogP contribution >= 0.6 is 0 Å². The first-order valence-corrected chi connectivity index (χ1v) is 8.02. The number of imidazole rings is 1. The quantitative estimate of drug-likeness (QED) is 0.937. The lowest BCUT2D eigenvalue weighted by Gasteiger charge is -2.38. The Hall–Kier alpha value is -1.55. The van der Waals surface area contributed by atoms with Crippen molar-refractivity contribution in [2.75, 3.05) is 24.5 Å². The molecule has 0 unspecified atom stereocenters. The second-order valence-electron chi connectivity index (χ2n) is 6.78. The Bertz CT molecular complexity index is 614. The molecule has 0 radical (unpaired) electrons. The Morgan fingerprint density at radius 3 is 2.95 bits per heavy atom. The predicted octanol–water partition coefficient (Wildman–Crippen LogP) is 3.07. The summed E-state index contributed by atoms with van der Waals surface area (Å²) in [6.07, 6.45) is 4.68. The molecule has 1 fully saturated rings. The lowest BCUT2D eigenvalue weighted by atomic mass is 9.84. The molecule has 1 aliphatic rings. The van der Waals surface area contributed by atoms with Gasteiger partial charge in [0.15, 0.2) is 5.82 Å². The first-order valence-electron chi connectivity index (χ1n) is 8.02. The van der Waals surface area contributed by atoms with Crippen LogP contribution in [0.25, 0.3) is 5.65 Å². The van der Waals surface area contributed by atoms with Crippen molar-refractivity contribution in [3.8, 4) is 0 Å². The van der Waals surface area contributed by atoms with E-state index in [4.69, 9.17) is 4.98 Å². The molecule has 0 spiro atoms. The van der Waals surface area contributed by atoms with E-state index in [1.54, 1.807) is 0 Å². The van der Waals surface area contributed by atoms with Crippen LogP contribution in [0.3, 0.4) is 0 Å². The Balaban J connectivity index is 2.00. The van der Waals surface area contributed by atoms with Gasteiger partial charge in [0.1, 0.15) is 5.65 Å². The summed E-state index contributed by atoms with van der Waals surface area (Å²) in [6.45, 7) is 10.9. The second-order valence-corrected chi connectivity index (χ2v) is 6.78. The number of hydrogen-bond acceptors (Lipinski definition) is 3. The number of piperidine rings is 1. The lowest BCUT2D eigenvalue weighted by molar-refractivity contribution is 0.292. The zero-order chi connectivity index (χ0) is 14.9. The summed E-state index contributed by atoms with van der Waals surface area (Å²) in [4.78, 5) is 7.38. The third-order valence-corrected chi connectivity index (χ3v) is 4.35. The minimum atomic E-state index is 0.378. The van der Waals surface area contributed by atoms with Crippen molar-refractivity contribution in [2.24, 2.45) is 5.41 Å². The minimum Gasteiger partial charge on any atom is -0.355 e. The molecule has 4 nitrogen and oxygen atoms in total. The van der Waals surface area contributed by atoms with E-state index in [-0.39, 0.29) is 0 Å². The van der Waals surface area contributed by atoms with Gasteiger partial charge >= 0.3 is 0 Å². The van der Waals surface area contributed by atoms with Gasteiger partial charge in [-0.3, -0.25) is 0 Å². The normalized spacial score (nSPS) is 18.3. The predicted molar refractivity (Wildman–Crippen MR) is 87.8 cm³/mol. The number of fused-ring (bicyclic) bond motifs is 1. The fourth-order valence-corrected chi connectivity index (χ4v) is 3.30. The van der Waals surface area contributed by atoms with Crippen LogP contribution in [0.1, 0.15) is 39.3 Å². The van der Waals surface area contributed by atoms with Gasteiger partial charge in [0.25, 0.3) is 0 Å². The van der Waals surface area contributed by atoms with Crippen molar-refractivity contribution in [3.63, 3.8) is 0 Å². The maximum Gasteiger partial charge on any atom is 0.152 e. The van der Waals surface area contributed by atoms with E-state index in [1.165, 1.54) is 18.5 Å². The maximum absolute atomic E-state index is 4.90. The zero-order valence-electron chi connectivity index (χ0n) is 13.4. The molecular weight excluding hydrogens is 260 g/mol. The summed E-state index contributed by atoms with van der Waals surface area (Å²) in [6, 6.07) is 6.23. The van der Waals surface area contributed by atoms with Crippen LogP contribution in [0.4, 0.5) is 5.82 Å². The highest BCUT2D eigenvalue weighted by atomic mass is 15.2. The van der Waals surface area contributed by atoms with Gasteiger partial charge in [-0.05, 0) is 36.9 Å². The highest BCUT2D eigenvalue weighted by Gasteiger charge is 2.29. The molecule has 0 bridgehead atoms. The van der Waals surface area contributed by atoms with Crippen molar-refractivity contribution in [2.45, 2.75) is 40.2 Å². The minimum absolute atomic E-state index is 0.378. The number of nitrogens with one attached hydrogen (secondary N) is 1. The van der Waals surface area contributed by atoms with E-state index in [1.807, 2.05) is 0 Å². The van der Waals surface area contributed by atoms with Gasteiger partial charge in [0.05, 0.1) is 5.69 Å². The van der Waals surface area contributed by atoms with Gasteiger partial charge in [-0.15, -0.1) is 0 Å². The third-order valence-electron chi connectivity index (χ3n) is 4.35. The Morgan fingerprint density at radius 1 is 1.33 bits per heavy atom. The fourth-order valence-electron chi connectivity index (χ4n) is 3.30. The number of nitrogens with zero attached hydrogens (tertiary/aromatic N) is 3. The topological polar surface area (TPSA) is 32.6 Å². The monoisotopic (exact) mass is 286 g/mol. The fraction of sp³-hybridized carbons (Fsp3) is 0.588. The van der Waals surface area contributed by atoms with E-state index in [9.17, 15) is 0 Å². The van der Waals surface area contributed by atoms with E-state index < -0.39 is 0 Å². The van der Waals surface area contributed by atoms with Crippen LogP contribution < -0.4 is 10.2 Å². The molecule has 3 heterocycles. The van der Waals surface area contributed by atoms with Gasteiger partial charge in [-0.1, -0.05) is 26.8 Å². The van der Waals surface area contributed by atoms with Crippen LogP contribution in [0.2, 0.25) is 0 Å². The molecule has 0 saturated carbocycles. The number of aromatic nitrogens is 2. The highest BCUT2D eigenvalue weighted by molar-refractivity contribution is 5.56. The first kappa shape index (κ1) is 14.4. The van der Waals surface area contributed by atoms with Crippen LogP contribution in [-0.4, -0.2) is 29.0 Å². The van der Waals surface area contributed by atoms with Crippen LogP contribution in [0.15, 0.2) is 24.4 Å². The van der Waals surface area contributed by atoms with Crippen molar-refractivity contribution in [3.05, 3.63) is 30.1 Å². The van der Waals surface area contributed by atoms with Crippen LogP contribution in [-0.2, 0) is 6.54 Å². The molecule has 21 heavy (non-hydrogen) atoms. The Morgan fingerprint density at radius 2 is 2.19 bits per heavy atom. The van der Waals surface area contributed by atoms with E-state index in [0.29, 0.717) is 5.41 Å². The Labute approximate surface area is 127 Å². The van der Waals surface area contributed by atoms with Gasteiger partial charge < -0.3 is 14.6 Å². The van der Waals surface area contributed by atoms with Crippen LogP contribution in [0.5, 0.6) is 0 Å². The molecule has 3 rings (SSSR count). The summed E-state index contributed by atoms with van der Waals surface area (Å²) in [5, 5.41) is 3.46. The maximum atomic E-state index is 4.90. The van der Waals surface area contributed by atoms with Crippen molar-refractivity contribution in [1.82, 2.24) is 14.7 Å². The largest absolute Gasteiger partial charge is 0.355 e. The second kappa shape index (κ2) is 5.68. The molecule has 0 atom stereocenters. The van der Waals surface area contributed by atoms with Crippen molar-refractivity contribution in [1.29, 1.82) is 0 Å². The number of anilines is 1. The van der Waals surface area contributed by atoms with E-state index in [2.05, 4.69) is 59.8 Å². The molecule has 0 aliphatic carbocycles. The summed E-state index contributed by atoms with van der Waals surface area (Å²) in [5.74, 6) is 1.16. The molecule has 0 amide bonds. The van der Waals surface area contributed by atoms with Gasteiger partial charge in [-0.25, -0.2) is 4.98 Å². The van der Waals surface area contributed by atoms with E-state index >= 15 is 0 Å². The van der Waals surface area contributed by atoms with Gasteiger partial charge in [0.2, 0.25) is 0 Å². The third kappa shape index (κ3) is 2.91. The molecule has 1 saturated heterocycles. The van der Waals surface area contributed by atoms with Crippen LogP contribution in [0, 0.1) is 5.41 Å². The van der Waals surface area contributed by atoms with Crippen molar-refractivity contribution >= 4 is 11.5 Å². The number of rotatable bonds is 4. The lowest BCUT2D eigenvalue weighted by Crippen LogP contribution is -2.41. The Kier molecular flexibility index (Phi) is 3.89. The standard InChI is InChI=1S/C17H26N4/c1-4-18-12-14-16(19-15-8-5-6-11-21(14)15)20-10-7-9-17(2,3)13-20/h5-6,8,11,18H,4,7,9-10,12-13H2,1-3H3. The summed E-state index contributed by atoms with van der Waals surface area (Å²) < 4.78 is 2.22. The SMILES string of the molecule is CCNCc1c(N2CCCC(C)(C)C2)nc2ccccn12. The number of pyridine rings is 1. The molecule has 1 aliphatic heterocycles. The smallest absolute Gasteiger partial charge is 0.152 e. The van der Waals surface area contributed by atoms with Gasteiger partial charge in [-0.2, -0.15) is 0 Å². The molecule has 2 aromatic rings. The number of hydrogen-bond donors (Lipinski definition) is 1. The molecule has 2 aromatic heterocycles. The van der Waals surface area contributed by atoms with Crippen molar-refractivity contribution < 1.29 is 0 Å². The molecule has 114 valence electrons. The summed E-state index contributed by atoms with van der Waals surface area (Å²) >= 11 is 0. The zero-order valence-corrected chi connectivity index (χ0v) is 13.4. The van der Waals surface area contributed by atoms with Gasteiger partial charge in [0, 0.05) is 25.8 Å². The molecule has 1 N–H and O–H groups in total. The average Bonchev–Trinajstić information content (AvgIpc) is 2.83. The first-order chi connectivity index (χ1) is 10.1. The molecule has 0 aromatic carbocycles. The summed E-state index contributed by atoms with van der Waals surface area (Å²) in [5.41, 5.74) is 2.71. The average molecular weight is 286 g/mol.